The first-order chi connectivity index (χ1) is 15.3. The van der Waals surface area contributed by atoms with Gasteiger partial charge in [0.1, 0.15) is 16.5 Å². The van der Waals surface area contributed by atoms with Crippen molar-refractivity contribution < 1.29 is 17.5 Å². The summed E-state index contributed by atoms with van der Waals surface area (Å²) in [5, 5.41) is 5.37. The molecule has 9 heteroatoms. The third-order valence-electron chi connectivity index (χ3n) is 5.38. The van der Waals surface area contributed by atoms with Crippen LogP contribution in [0.2, 0.25) is 0 Å². The van der Waals surface area contributed by atoms with Gasteiger partial charge in [-0.15, -0.1) is 11.3 Å². The summed E-state index contributed by atoms with van der Waals surface area (Å²) >= 11 is 1.46. The van der Waals surface area contributed by atoms with Crippen LogP contribution >= 0.6 is 11.3 Å². The van der Waals surface area contributed by atoms with E-state index >= 15 is 0 Å². The largest absolute Gasteiger partial charge is 0.495 e. The van der Waals surface area contributed by atoms with Crippen LogP contribution in [0.1, 0.15) is 13.8 Å². The zero-order chi connectivity index (χ0) is 22.9. The Kier molecular flexibility index (Phi) is 6.41. The highest BCUT2D eigenvalue weighted by Gasteiger charge is 2.24. The number of anilines is 2. The first-order valence-electron chi connectivity index (χ1n) is 10.3. The minimum atomic E-state index is -4.16. The van der Waals surface area contributed by atoms with Gasteiger partial charge in [0.2, 0.25) is 0 Å². The third kappa shape index (κ3) is 4.74. The Morgan fingerprint density at radius 1 is 1.12 bits per heavy atom. The molecular formula is C23H26FN3O3S2. The second kappa shape index (κ2) is 9.09. The molecule has 1 aliphatic rings. The smallest absolute Gasteiger partial charge is 0.264 e. The maximum atomic E-state index is 14.8. The minimum Gasteiger partial charge on any atom is -0.495 e. The van der Waals surface area contributed by atoms with Crippen LogP contribution < -0.4 is 19.7 Å². The van der Waals surface area contributed by atoms with E-state index in [-0.39, 0.29) is 5.69 Å². The van der Waals surface area contributed by atoms with E-state index in [1.165, 1.54) is 30.6 Å². The summed E-state index contributed by atoms with van der Waals surface area (Å²) in [7, 11) is -2.69. The number of methoxy groups -OCH3 is 1. The summed E-state index contributed by atoms with van der Waals surface area (Å²) in [4.78, 5) is 2.66. The molecule has 3 aromatic rings. The van der Waals surface area contributed by atoms with Crippen molar-refractivity contribution in [2.75, 3.05) is 29.8 Å². The first kappa shape index (κ1) is 22.6. The number of nitrogens with zero attached hydrogens (tertiary/aromatic N) is 1. The van der Waals surface area contributed by atoms with E-state index in [1.54, 1.807) is 18.2 Å². The van der Waals surface area contributed by atoms with E-state index < -0.39 is 20.7 Å². The van der Waals surface area contributed by atoms with Gasteiger partial charge in [0.25, 0.3) is 10.0 Å². The van der Waals surface area contributed by atoms with Crippen LogP contribution in [0.4, 0.5) is 15.8 Å². The quantitative estimate of drug-likeness (QED) is 0.547. The second-order valence-corrected chi connectivity index (χ2v) is 10.6. The molecule has 1 fully saturated rings. The molecule has 6 nitrogen and oxygen atoms in total. The Hall–Kier alpha value is -2.62. The zero-order valence-electron chi connectivity index (χ0n) is 18.1. The molecule has 32 heavy (non-hydrogen) atoms. The van der Waals surface area contributed by atoms with E-state index in [4.69, 9.17) is 4.74 Å². The molecule has 1 aliphatic heterocycles. The number of hydrogen-bond donors (Lipinski definition) is 2. The number of ether oxygens (including phenoxy) is 1. The zero-order valence-corrected chi connectivity index (χ0v) is 19.8. The van der Waals surface area contributed by atoms with Gasteiger partial charge in [0.05, 0.1) is 12.8 Å². The summed E-state index contributed by atoms with van der Waals surface area (Å²) in [6.07, 6.45) is 0. The van der Waals surface area contributed by atoms with Crippen molar-refractivity contribution in [1.29, 1.82) is 0 Å². The van der Waals surface area contributed by atoms with E-state index in [2.05, 4.69) is 28.8 Å². The molecule has 0 saturated carbocycles. The van der Waals surface area contributed by atoms with Crippen LogP contribution in [0.5, 0.6) is 5.75 Å². The molecule has 2 atom stereocenters. The van der Waals surface area contributed by atoms with Crippen LogP contribution in [0.3, 0.4) is 0 Å². The third-order valence-corrected chi connectivity index (χ3v) is 7.69. The van der Waals surface area contributed by atoms with Gasteiger partial charge < -0.3 is 15.0 Å². The molecule has 0 radical (unpaired) electrons. The van der Waals surface area contributed by atoms with E-state index in [9.17, 15) is 12.8 Å². The molecule has 4 rings (SSSR count). The van der Waals surface area contributed by atoms with Crippen molar-refractivity contribution in [1.82, 2.24) is 5.32 Å². The summed E-state index contributed by atoms with van der Waals surface area (Å²) < 4.78 is 48.8. The van der Waals surface area contributed by atoms with Crippen LogP contribution in [0, 0.1) is 5.82 Å². The Bertz CT molecular complexity index is 1190. The maximum absolute atomic E-state index is 14.8. The highest BCUT2D eigenvalue weighted by Crippen LogP contribution is 2.33. The number of hydrogen-bond acceptors (Lipinski definition) is 6. The molecule has 1 aromatic heterocycles. The summed E-state index contributed by atoms with van der Waals surface area (Å²) in [6, 6.07) is 13.8. The fourth-order valence-corrected chi connectivity index (χ4v) is 5.87. The molecule has 0 amide bonds. The molecule has 0 spiro atoms. The fraction of sp³-hybridized carbons (Fsp3) is 0.304. The highest BCUT2D eigenvalue weighted by atomic mass is 32.2. The van der Waals surface area contributed by atoms with E-state index in [0.29, 0.717) is 23.4 Å². The molecule has 2 heterocycles. The number of thiophene rings is 1. The average molecular weight is 476 g/mol. The Balaban J connectivity index is 1.64. The maximum Gasteiger partial charge on any atom is 0.264 e. The molecule has 2 aromatic carbocycles. The van der Waals surface area contributed by atoms with Gasteiger partial charge in [0, 0.05) is 35.7 Å². The summed E-state index contributed by atoms with van der Waals surface area (Å²) in [5.74, 6) is -0.438. The number of rotatable bonds is 6. The van der Waals surface area contributed by atoms with E-state index in [0.717, 1.165) is 23.7 Å². The standard InChI is InChI=1S/C23H26FN3O3S2/c1-15-13-27(14-16(2)25-15)18-7-8-21(30-3)20(12-18)26-32(28,29)23-9-6-17(11-19(23)24)22-5-4-10-31-22/h4-12,15-16,25-26H,13-14H2,1-3H3/t15-,16+. The van der Waals surface area contributed by atoms with Gasteiger partial charge >= 0.3 is 0 Å². The second-order valence-electron chi connectivity index (χ2n) is 7.99. The molecule has 0 aliphatic carbocycles. The van der Waals surface area contributed by atoms with Crippen molar-refractivity contribution in [2.24, 2.45) is 0 Å². The van der Waals surface area contributed by atoms with Crippen LogP contribution in [0.25, 0.3) is 10.4 Å². The van der Waals surface area contributed by atoms with Crippen molar-refractivity contribution in [3.8, 4) is 16.2 Å². The van der Waals surface area contributed by atoms with Gasteiger partial charge in [-0.05, 0) is 61.2 Å². The lowest BCUT2D eigenvalue weighted by Gasteiger charge is -2.38. The Labute approximate surface area is 192 Å². The Morgan fingerprint density at radius 3 is 2.50 bits per heavy atom. The molecule has 2 N–H and O–H groups in total. The predicted octanol–water partition coefficient (Wildman–Crippen LogP) is 4.55. The number of piperazine rings is 1. The summed E-state index contributed by atoms with van der Waals surface area (Å²) in [6.45, 7) is 5.81. The molecule has 0 unspecified atom stereocenters. The lowest BCUT2D eigenvalue weighted by atomic mass is 10.1. The van der Waals surface area contributed by atoms with Gasteiger partial charge in [-0.2, -0.15) is 0 Å². The predicted molar refractivity (Wildman–Crippen MR) is 128 cm³/mol. The van der Waals surface area contributed by atoms with Crippen molar-refractivity contribution in [2.45, 2.75) is 30.8 Å². The number of sulfonamides is 1. The SMILES string of the molecule is COc1ccc(N2C[C@@H](C)N[C@@H](C)C2)cc1NS(=O)(=O)c1ccc(-c2cccs2)cc1F. The normalized spacial score (nSPS) is 19.1. The van der Waals surface area contributed by atoms with Crippen LogP contribution in [-0.2, 0) is 10.0 Å². The van der Waals surface area contributed by atoms with Crippen molar-refractivity contribution in [3.05, 3.63) is 59.7 Å². The van der Waals surface area contributed by atoms with Crippen molar-refractivity contribution >= 4 is 32.7 Å². The van der Waals surface area contributed by atoms with Crippen LogP contribution in [0.15, 0.2) is 58.8 Å². The highest BCUT2D eigenvalue weighted by molar-refractivity contribution is 7.92. The van der Waals surface area contributed by atoms with Gasteiger partial charge in [-0.1, -0.05) is 12.1 Å². The van der Waals surface area contributed by atoms with Gasteiger partial charge in [0.15, 0.2) is 0 Å². The molecule has 0 bridgehead atoms. The molecule has 1 saturated heterocycles. The molecule has 170 valence electrons. The van der Waals surface area contributed by atoms with E-state index in [1.807, 2.05) is 23.6 Å². The topological polar surface area (TPSA) is 70.7 Å². The number of nitrogens with one attached hydrogen (secondary N) is 2. The first-order valence-corrected chi connectivity index (χ1v) is 12.7. The lowest BCUT2D eigenvalue weighted by Crippen LogP contribution is -2.54. The molecular weight excluding hydrogens is 449 g/mol. The number of halogens is 1. The Morgan fingerprint density at radius 2 is 1.88 bits per heavy atom. The van der Waals surface area contributed by atoms with Gasteiger partial charge in [-0.3, -0.25) is 4.72 Å². The fourth-order valence-electron chi connectivity index (χ4n) is 4.02. The van der Waals surface area contributed by atoms with Crippen LogP contribution in [-0.4, -0.2) is 40.7 Å². The monoisotopic (exact) mass is 475 g/mol. The average Bonchev–Trinajstić information content (AvgIpc) is 3.27. The lowest BCUT2D eigenvalue weighted by molar-refractivity contribution is 0.406. The minimum absolute atomic E-state index is 0.269. The van der Waals surface area contributed by atoms with Gasteiger partial charge in [-0.25, -0.2) is 12.8 Å². The number of benzene rings is 2. The summed E-state index contributed by atoms with van der Waals surface area (Å²) in [5.41, 5.74) is 1.78. The van der Waals surface area contributed by atoms with Crippen molar-refractivity contribution in [3.63, 3.8) is 0 Å².